The first-order chi connectivity index (χ1) is 10.2. The second-order valence-corrected chi connectivity index (χ2v) is 6.70. The first-order valence-electron chi connectivity index (χ1n) is 7.58. The number of carbonyl (C=O) groups is 2. The van der Waals surface area contributed by atoms with Crippen molar-refractivity contribution in [1.29, 1.82) is 0 Å². The highest BCUT2D eigenvalue weighted by atomic mass is 32.1. The molecule has 3 rings (SSSR count). The quantitative estimate of drug-likeness (QED) is 0.926. The Morgan fingerprint density at radius 3 is 2.90 bits per heavy atom. The fraction of sp³-hybridized carbons (Fsp3) is 0.667. The van der Waals surface area contributed by atoms with Crippen LogP contribution in [0.3, 0.4) is 0 Å². The SMILES string of the molecule is O=C(O)[C@@H]1C[C@@H]2CCCC[C@H]2N1C(=O)CCc1cscn1. The summed E-state index contributed by atoms with van der Waals surface area (Å²) in [6.07, 6.45) is 5.86. The number of carbonyl (C=O) groups excluding carboxylic acids is 1. The third kappa shape index (κ3) is 2.95. The van der Waals surface area contributed by atoms with E-state index in [1.54, 1.807) is 10.4 Å². The summed E-state index contributed by atoms with van der Waals surface area (Å²) in [5, 5.41) is 11.4. The van der Waals surface area contributed by atoms with Crippen LogP contribution in [0.2, 0.25) is 0 Å². The Hall–Kier alpha value is -1.43. The number of thiazole rings is 1. The van der Waals surface area contributed by atoms with Gasteiger partial charge < -0.3 is 10.0 Å². The normalized spacial score (nSPS) is 28.4. The number of hydrogen-bond donors (Lipinski definition) is 1. The van der Waals surface area contributed by atoms with Gasteiger partial charge in [-0.25, -0.2) is 9.78 Å². The van der Waals surface area contributed by atoms with Gasteiger partial charge in [0.2, 0.25) is 5.91 Å². The number of likely N-dealkylation sites (tertiary alicyclic amines) is 1. The number of carboxylic acids is 1. The maximum absolute atomic E-state index is 12.5. The molecule has 1 N–H and O–H groups in total. The highest BCUT2D eigenvalue weighted by molar-refractivity contribution is 7.07. The monoisotopic (exact) mass is 308 g/mol. The van der Waals surface area contributed by atoms with E-state index in [0.29, 0.717) is 25.2 Å². The van der Waals surface area contributed by atoms with Gasteiger partial charge in [0.15, 0.2) is 0 Å². The maximum atomic E-state index is 12.5. The third-order valence-electron chi connectivity index (χ3n) is 4.74. The lowest BCUT2D eigenvalue weighted by atomic mass is 9.84. The molecule has 21 heavy (non-hydrogen) atoms. The van der Waals surface area contributed by atoms with Crippen molar-refractivity contribution in [2.45, 2.75) is 57.0 Å². The van der Waals surface area contributed by atoms with Crippen LogP contribution < -0.4 is 0 Å². The number of aliphatic carboxylic acids is 1. The molecule has 114 valence electrons. The van der Waals surface area contributed by atoms with Crippen molar-refractivity contribution in [1.82, 2.24) is 9.88 Å². The van der Waals surface area contributed by atoms with E-state index in [9.17, 15) is 14.7 Å². The van der Waals surface area contributed by atoms with E-state index in [-0.39, 0.29) is 11.9 Å². The van der Waals surface area contributed by atoms with Gasteiger partial charge >= 0.3 is 5.97 Å². The Balaban J connectivity index is 1.70. The molecule has 1 saturated carbocycles. The van der Waals surface area contributed by atoms with Crippen LogP contribution in [0.4, 0.5) is 0 Å². The minimum absolute atomic E-state index is 0.0233. The summed E-state index contributed by atoms with van der Waals surface area (Å²) < 4.78 is 0. The van der Waals surface area contributed by atoms with Crippen molar-refractivity contribution in [2.75, 3.05) is 0 Å². The number of hydrogen-bond acceptors (Lipinski definition) is 4. The van der Waals surface area contributed by atoms with E-state index in [4.69, 9.17) is 0 Å². The summed E-state index contributed by atoms with van der Waals surface area (Å²) in [5.74, 6) is -0.501. The van der Waals surface area contributed by atoms with Crippen molar-refractivity contribution in [3.8, 4) is 0 Å². The molecule has 1 saturated heterocycles. The van der Waals surface area contributed by atoms with Gasteiger partial charge in [0.1, 0.15) is 6.04 Å². The Morgan fingerprint density at radius 2 is 2.19 bits per heavy atom. The highest BCUT2D eigenvalue weighted by Crippen LogP contribution is 2.40. The Morgan fingerprint density at radius 1 is 1.38 bits per heavy atom. The molecular formula is C15H20N2O3S. The largest absolute Gasteiger partial charge is 0.480 e. The predicted octanol–water partition coefficient (Wildman–Crippen LogP) is 2.32. The molecule has 1 amide bonds. The summed E-state index contributed by atoms with van der Waals surface area (Å²) in [6, 6.07) is -0.483. The van der Waals surface area contributed by atoms with Crippen molar-refractivity contribution >= 4 is 23.2 Å². The molecule has 1 aromatic heterocycles. The lowest BCUT2D eigenvalue weighted by molar-refractivity contribution is -0.149. The number of aryl methyl sites for hydroxylation is 1. The van der Waals surface area contributed by atoms with Crippen LogP contribution >= 0.6 is 11.3 Å². The van der Waals surface area contributed by atoms with Crippen LogP contribution in [0.25, 0.3) is 0 Å². The zero-order chi connectivity index (χ0) is 14.8. The molecule has 1 aromatic rings. The molecule has 0 unspecified atom stereocenters. The lowest BCUT2D eigenvalue weighted by Crippen LogP contribution is -2.46. The van der Waals surface area contributed by atoms with E-state index in [0.717, 1.165) is 31.4 Å². The van der Waals surface area contributed by atoms with E-state index >= 15 is 0 Å². The van der Waals surface area contributed by atoms with Gasteiger partial charge in [-0.3, -0.25) is 4.79 Å². The summed E-state index contributed by atoms with van der Waals surface area (Å²) in [4.78, 5) is 29.9. The van der Waals surface area contributed by atoms with Gasteiger partial charge in [-0.05, 0) is 31.6 Å². The number of aromatic nitrogens is 1. The molecule has 0 spiro atoms. The van der Waals surface area contributed by atoms with E-state index in [1.165, 1.54) is 11.3 Å². The van der Waals surface area contributed by atoms with Crippen molar-refractivity contribution < 1.29 is 14.7 Å². The van der Waals surface area contributed by atoms with Gasteiger partial charge in [-0.2, -0.15) is 0 Å². The standard InChI is InChI=1S/C15H20N2O3S/c18-14(6-5-11-8-21-9-16-11)17-12-4-2-1-3-10(12)7-13(17)15(19)20/h8-10,12-13H,1-7H2,(H,19,20)/t10-,12+,13-/m0/s1. The second kappa shape index (κ2) is 6.13. The molecule has 1 aliphatic carbocycles. The minimum atomic E-state index is -0.855. The Bertz CT molecular complexity index is 517. The molecule has 2 fully saturated rings. The van der Waals surface area contributed by atoms with Gasteiger partial charge in [0.05, 0.1) is 11.2 Å². The molecule has 0 aromatic carbocycles. The molecule has 2 heterocycles. The van der Waals surface area contributed by atoms with Crippen LogP contribution in [-0.4, -0.2) is 39.0 Å². The summed E-state index contributed by atoms with van der Waals surface area (Å²) in [6.45, 7) is 0. The summed E-state index contributed by atoms with van der Waals surface area (Å²) in [7, 11) is 0. The lowest BCUT2D eigenvalue weighted by Gasteiger charge is -2.33. The molecular weight excluding hydrogens is 288 g/mol. The number of amides is 1. The predicted molar refractivity (Wildman–Crippen MR) is 79.1 cm³/mol. The molecule has 3 atom stereocenters. The Labute approximate surface area is 128 Å². The van der Waals surface area contributed by atoms with Gasteiger partial charge in [0, 0.05) is 17.8 Å². The Kier molecular flexibility index (Phi) is 4.24. The second-order valence-electron chi connectivity index (χ2n) is 5.98. The van der Waals surface area contributed by atoms with Crippen LogP contribution in [-0.2, 0) is 16.0 Å². The molecule has 5 nitrogen and oxygen atoms in total. The average molecular weight is 308 g/mol. The zero-order valence-corrected chi connectivity index (χ0v) is 12.7. The van der Waals surface area contributed by atoms with Crippen LogP contribution in [0.1, 0.15) is 44.2 Å². The van der Waals surface area contributed by atoms with Crippen LogP contribution in [0, 0.1) is 5.92 Å². The minimum Gasteiger partial charge on any atom is -0.480 e. The smallest absolute Gasteiger partial charge is 0.326 e. The molecule has 0 bridgehead atoms. The molecule has 0 radical (unpaired) electrons. The topological polar surface area (TPSA) is 70.5 Å². The van der Waals surface area contributed by atoms with Gasteiger partial charge in [-0.1, -0.05) is 12.8 Å². The molecule has 1 aliphatic heterocycles. The van der Waals surface area contributed by atoms with E-state index in [2.05, 4.69) is 4.98 Å². The van der Waals surface area contributed by atoms with Crippen LogP contribution in [0.5, 0.6) is 0 Å². The van der Waals surface area contributed by atoms with Gasteiger partial charge in [0.25, 0.3) is 0 Å². The molecule has 2 aliphatic rings. The number of rotatable bonds is 4. The highest BCUT2D eigenvalue weighted by Gasteiger charge is 2.47. The number of carboxylic acid groups (broad SMARTS) is 1. The summed E-state index contributed by atoms with van der Waals surface area (Å²) in [5.41, 5.74) is 2.67. The number of nitrogens with zero attached hydrogens (tertiary/aromatic N) is 2. The first kappa shape index (κ1) is 14.5. The first-order valence-corrected chi connectivity index (χ1v) is 8.52. The van der Waals surface area contributed by atoms with E-state index in [1.807, 2.05) is 5.38 Å². The van der Waals surface area contributed by atoms with Crippen molar-refractivity contribution in [3.63, 3.8) is 0 Å². The van der Waals surface area contributed by atoms with Gasteiger partial charge in [-0.15, -0.1) is 11.3 Å². The van der Waals surface area contributed by atoms with Crippen molar-refractivity contribution in [3.05, 3.63) is 16.6 Å². The third-order valence-corrected chi connectivity index (χ3v) is 5.37. The van der Waals surface area contributed by atoms with Crippen LogP contribution in [0.15, 0.2) is 10.9 Å². The van der Waals surface area contributed by atoms with Crippen molar-refractivity contribution in [2.24, 2.45) is 5.92 Å². The fourth-order valence-electron chi connectivity index (χ4n) is 3.76. The zero-order valence-electron chi connectivity index (χ0n) is 11.9. The molecule has 6 heteroatoms. The number of fused-ring (bicyclic) bond motifs is 1. The summed E-state index contributed by atoms with van der Waals surface area (Å²) >= 11 is 1.52. The van der Waals surface area contributed by atoms with E-state index < -0.39 is 12.0 Å². The maximum Gasteiger partial charge on any atom is 0.326 e. The fourth-order valence-corrected chi connectivity index (χ4v) is 4.36. The average Bonchev–Trinajstić information content (AvgIpc) is 3.11.